The van der Waals surface area contributed by atoms with E-state index >= 15 is 0 Å². The van der Waals surface area contributed by atoms with Crippen LogP contribution in [-0.2, 0) is 4.74 Å². The van der Waals surface area contributed by atoms with Crippen LogP contribution in [0.15, 0.2) is 24.5 Å². The van der Waals surface area contributed by atoms with E-state index in [1.54, 1.807) is 18.4 Å². The minimum absolute atomic E-state index is 0.259. The average molecular weight is 117 g/mol. The highest BCUT2D eigenvalue weighted by Gasteiger charge is 1.95. The molecular formula is C5H5ClO. The SMILES string of the molecule is Cl[C@@H]1C=CC=CO1. The van der Waals surface area contributed by atoms with Crippen LogP contribution < -0.4 is 0 Å². The standard InChI is InChI=1S/C5H5ClO/c6-5-3-1-2-4-7-5/h1-5H/t5-/m0/s1. The lowest BCUT2D eigenvalue weighted by atomic mass is 10.4. The lowest BCUT2D eigenvalue weighted by Crippen LogP contribution is -1.96. The van der Waals surface area contributed by atoms with Gasteiger partial charge in [-0.25, -0.2) is 0 Å². The lowest BCUT2D eigenvalue weighted by Gasteiger charge is -2.04. The Morgan fingerprint density at radius 1 is 1.43 bits per heavy atom. The molecule has 0 fully saturated rings. The van der Waals surface area contributed by atoms with Gasteiger partial charge in [0.1, 0.15) is 0 Å². The van der Waals surface area contributed by atoms with Gasteiger partial charge >= 0.3 is 0 Å². The highest BCUT2D eigenvalue weighted by atomic mass is 35.5. The molecule has 0 spiro atoms. The number of hydrogen-bond donors (Lipinski definition) is 0. The van der Waals surface area contributed by atoms with Gasteiger partial charge in [0.15, 0.2) is 5.56 Å². The average Bonchev–Trinajstić information content (AvgIpc) is 1.69. The topological polar surface area (TPSA) is 9.23 Å². The summed E-state index contributed by atoms with van der Waals surface area (Å²) >= 11 is 5.46. The van der Waals surface area contributed by atoms with Crippen molar-refractivity contribution in [2.24, 2.45) is 0 Å². The Hall–Kier alpha value is -0.430. The third-order valence-electron chi connectivity index (χ3n) is 0.661. The van der Waals surface area contributed by atoms with Crippen molar-refractivity contribution >= 4 is 11.6 Å². The minimum atomic E-state index is -0.259. The fourth-order valence-electron chi connectivity index (χ4n) is 0.363. The Morgan fingerprint density at radius 3 is 2.57 bits per heavy atom. The van der Waals surface area contributed by atoms with Crippen molar-refractivity contribution in [3.8, 4) is 0 Å². The van der Waals surface area contributed by atoms with E-state index < -0.39 is 0 Å². The second-order valence-corrected chi connectivity index (χ2v) is 1.63. The molecule has 0 aliphatic carbocycles. The van der Waals surface area contributed by atoms with Crippen molar-refractivity contribution < 1.29 is 4.74 Å². The normalized spacial score (nSPS) is 27.3. The van der Waals surface area contributed by atoms with Crippen LogP contribution in [0.25, 0.3) is 0 Å². The number of allylic oxidation sites excluding steroid dienone is 2. The van der Waals surface area contributed by atoms with Crippen LogP contribution in [0.1, 0.15) is 0 Å². The summed E-state index contributed by atoms with van der Waals surface area (Å²) in [5, 5.41) is 0. The van der Waals surface area contributed by atoms with Gasteiger partial charge in [-0.15, -0.1) is 0 Å². The first-order chi connectivity index (χ1) is 3.39. The molecule has 0 N–H and O–H groups in total. The van der Waals surface area contributed by atoms with Gasteiger partial charge in [-0.1, -0.05) is 17.7 Å². The summed E-state index contributed by atoms with van der Waals surface area (Å²) in [6.07, 6.45) is 6.97. The van der Waals surface area contributed by atoms with Crippen molar-refractivity contribution in [2.75, 3.05) is 0 Å². The second kappa shape index (κ2) is 2.03. The zero-order valence-electron chi connectivity index (χ0n) is 3.67. The van der Waals surface area contributed by atoms with E-state index in [1.165, 1.54) is 0 Å². The van der Waals surface area contributed by atoms with Gasteiger partial charge in [-0.05, 0) is 12.2 Å². The van der Waals surface area contributed by atoms with Crippen LogP contribution >= 0.6 is 11.6 Å². The molecule has 1 atom stereocenters. The van der Waals surface area contributed by atoms with E-state index in [9.17, 15) is 0 Å². The maximum atomic E-state index is 5.46. The van der Waals surface area contributed by atoms with Crippen LogP contribution in [0.2, 0.25) is 0 Å². The first-order valence-corrected chi connectivity index (χ1v) is 2.46. The van der Waals surface area contributed by atoms with Gasteiger partial charge in [-0.2, -0.15) is 0 Å². The Labute approximate surface area is 47.2 Å². The number of hydrogen-bond acceptors (Lipinski definition) is 1. The van der Waals surface area contributed by atoms with Crippen LogP contribution in [0.5, 0.6) is 0 Å². The molecule has 38 valence electrons. The molecule has 0 saturated heterocycles. The molecular weight excluding hydrogens is 112 g/mol. The molecule has 0 aromatic rings. The molecule has 1 heterocycles. The predicted molar refractivity (Wildman–Crippen MR) is 29.0 cm³/mol. The Kier molecular flexibility index (Phi) is 1.37. The molecule has 0 saturated carbocycles. The van der Waals surface area contributed by atoms with Gasteiger partial charge in [0.2, 0.25) is 0 Å². The molecule has 0 aromatic carbocycles. The van der Waals surface area contributed by atoms with Gasteiger partial charge in [0.25, 0.3) is 0 Å². The summed E-state index contributed by atoms with van der Waals surface area (Å²) in [5.41, 5.74) is -0.259. The summed E-state index contributed by atoms with van der Waals surface area (Å²) in [4.78, 5) is 0. The molecule has 1 nitrogen and oxygen atoms in total. The lowest BCUT2D eigenvalue weighted by molar-refractivity contribution is 0.251. The van der Waals surface area contributed by atoms with Crippen molar-refractivity contribution in [1.29, 1.82) is 0 Å². The van der Waals surface area contributed by atoms with Crippen molar-refractivity contribution in [2.45, 2.75) is 5.56 Å². The molecule has 0 bridgehead atoms. The minimum Gasteiger partial charge on any atom is -0.479 e. The molecule has 0 amide bonds. The zero-order chi connectivity index (χ0) is 5.11. The fourth-order valence-corrected chi connectivity index (χ4v) is 0.506. The number of rotatable bonds is 0. The van der Waals surface area contributed by atoms with Gasteiger partial charge in [-0.3, -0.25) is 0 Å². The number of ether oxygens (including phenoxy) is 1. The summed E-state index contributed by atoms with van der Waals surface area (Å²) in [6, 6.07) is 0. The quantitative estimate of drug-likeness (QED) is 0.438. The van der Waals surface area contributed by atoms with Gasteiger partial charge in [0, 0.05) is 0 Å². The van der Waals surface area contributed by atoms with Crippen molar-refractivity contribution in [1.82, 2.24) is 0 Å². The molecule has 0 unspecified atom stereocenters. The summed E-state index contributed by atoms with van der Waals surface area (Å²) in [7, 11) is 0. The van der Waals surface area contributed by atoms with Gasteiger partial charge < -0.3 is 4.74 Å². The Morgan fingerprint density at radius 2 is 2.29 bits per heavy atom. The third-order valence-corrected chi connectivity index (χ3v) is 0.909. The van der Waals surface area contributed by atoms with Crippen LogP contribution in [0.4, 0.5) is 0 Å². The number of alkyl halides is 1. The first-order valence-electron chi connectivity index (χ1n) is 2.02. The zero-order valence-corrected chi connectivity index (χ0v) is 4.43. The smallest absolute Gasteiger partial charge is 0.190 e. The summed E-state index contributed by atoms with van der Waals surface area (Å²) < 4.78 is 4.78. The molecule has 0 aromatic heterocycles. The third kappa shape index (κ3) is 1.24. The first kappa shape index (κ1) is 4.72. The Balaban J connectivity index is 2.49. The van der Waals surface area contributed by atoms with E-state index in [0.29, 0.717) is 0 Å². The Bertz CT molecular complexity index is 107. The van der Waals surface area contributed by atoms with E-state index in [0.717, 1.165) is 0 Å². The van der Waals surface area contributed by atoms with Gasteiger partial charge in [0.05, 0.1) is 6.26 Å². The number of halogens is 1. The highest BCUT2D eigenvalue weighted by molar-refractivity contribution is 6.20. The van der Waals surface area contributed by atoms with Crippen molar-refractivity contribution in [3.63, 3.8) is 0 Å². The molecule has 7 heavy (non-hydrogen) atoms. The van der Waals surface area contributed by atoms with Crippen LogP contribution in [0, 0.1) is 0 Å². The molecule has 2 heteroatoms. The van der Waals surface area contributed by atoms with Crippen LogP contribution in [0.3, 0.4) is 0 Å². The van der Waals surface area contributed by atoms with E-state index in [-0.39, 0.29) is 5.56 Å². The van der Waals surface area contributed by atoms with E-state index in [4.69, 9.17) is 16.3 Å². The predicted octanol–water partition coefficient (Wildman–Crippen LogP) is 1.65. The monoisotopic (exact) mass is 116 g/mol. The largest absolute Gasteiger partial charge is 0.479 e. The van der Waals surface area contributed by atoms with E-state index in [1.807, 2.05) is 6.08 Å². The van der Waals surface area contributed by atoms with Crippen LogP contribution in [-0.4, -0.2) is 5.56 Å². The molecule has 1 aliphatic rings. The molecule has 0 radical (unpaired) electrons. The maximum Gasteiger partial charge on any atom is 0.190 e. The highest BCUT2D eigenvalue weighted by Crippen LogP contribution is 2.04. The second-order valence-electron chi connectivity index (χ2n) is 1.20. The fraction of sp³-hybridized carbons (Fsp3) is 0.200. The molecule has 1 aliphatic heterocycles. The molecule has 1 rings (SSSR count). The van der Waals surface area contributed by atoms with E-state index in [2.05, 4.69) is 0 Å². The summed E-state index contributed by atoms with van der Waals surface area (Å²) in [5.74, 6) is 0. The maximum absolute atomic E-state index is 5.46. The summed E-state index contributed by atoms with van der Waals surface area (Å²) in [6.45, 7) is 0. The van der Waals surface area contributed by atoms with Crippen molar-refractivity contribution in [3.05, 3.63) is 24.5 Å².